The number of rotatable bonds is 6. The van der Waals surface area contributed by atoms with Gasteiger partial charge in [0.2, 0.25) is 5.91 Å². The number of aryl methyl sites for hydroxylation is 1. The van der Waals surface area contributed by atoms with Crippen molar-refractivity contribution in [2.45, 2.75) is 33.6 Å². The molecule has 0 saturated carbocycles. The van der Waals surface area contributed by atoms with Crippen LogP contribution in [0.4, 0.5) is 0 Å². The summed E-state index contributed by atoms with van der Waals surface area (Å²) in [6, 6.07) is 0. The van der Waals surface area contributed by atoms with E-state index in [0.29, 0.717) is 23.3 Å². The van der Waals surface area contributed by atoms with E-state index in [2.05, 4.69) is 10.3 Å². The molecule has 102 valence electrons. The predicted molar refractivity (Wildman–Crippen MR) is 76.4 cm³/mol. The Hall–Kier alpha value is -0.720. The number of H-pyrrole nitrogens is 1. The monoisotopic (exact) mass is 288 g/mol. The van der Waals surface area contributed by atoms with Gasteiger partial charge in [0.15, 0.2) is 3.95 Å². The van der Waals surface area contributed by atoms with Gasteiger partial charge in [-0.2, -0.15) is 0 Å². The highest BCUT2D eigenvalue weighted by atomic mass is 32.1. The summed E-state index contributed by atoms with van der Waals surface area (Å²) in [5.41, 5.74) is 0.888. The van der Waals surface area contributed by atoms with Crippen LogP contribution in [-0.4, -0.2) is 29.1 Å². The molecule has 0 saturated heterocycles. The maximum Gasteiger partial charge on any atom is 0.225 e. The molecular formula is C12H20N2O2S2. The molecule has 18 heavy (non-hydrogen) atoms. The summed E-state index contributed by atoms with van der Waals surface area (Å²) >= 11 is 6.48. The molecule has 6 heteroatoms. The van der Waals surface area contributed by atoms with Gasteiger partial charge in [0.1, 0.15) is 0 Å². The van der Waals surface area contributed by atoms with Crippen molar-refractivity contribution in [3.05, 3.63) is 14.5 Å². The minimum absolute atomic E-state index is 0.00522. The number of aromatic nitrogens is 1. The second kappa shape index (κ2) is 6.45. The number of amides is 1. The van der Waals surface area contributed by atoms with Crippen LogP contribution in [0, 0.1) is 16.3 Å². The van der Waals surface area contributed by atoms with E-state index in [9.17, 15) is 4.79 Å². The minimum Gasteiger partial charge on any atom is -0.396 e. The number of thiazole rings is 1. The first-order chi connectivity index (χ1) is 8.34. The lowest BCUT2D eigenvalue weighted by Crippen LogP contribution is -2.35. The highest BCUT2D eigenvalue weighted by Crippen LogP contribution is 2.18. The van der Waals surface area contributed by atoms with Gasteiger partial charge in [0.25, 0.3) is 0 Å². The molecule has 1 aromatic rings. The highest BCUT2D eigenvalue weighted by molar-refractivity contribution is 7.73. The van der Waals surface area contributed by atoms with Gasteiger partial charge in [-0.1, -0.05) is 13.8 Å². The van der Waals surface area contributed by atoms with Gasteiger partial charge in [-0.05, 0) is 31.0 Å². The van der Waals surface area contributed by atoms with Crippen molar-refractivity contribution in [1.82, 2.24) is 10.3 Å². The fourth-order valence-corrected chi connectivity index (χ4v) is 2.83. The van der Waals surface area contributed by atoms with Gasteiger partial charge in [-0.15, -0.1) is 11.3 Å². The van der Waals surface area contributed by atoms with E-state index >= 15 is 0 Å². The Morgan fingerprint density at radius 3 is 2.72 bits per heavy atom. The Balaban J connectivity index is 2.48. The van der Waals surface area contributed by atoms with Crippen LogP contribution in [0.3, 0.4) is 0 Å². The highest BCUT2D eigenvalue weighted by Gasteiger charge is 2.18. The zero-order valence-corrected chi connectivity index (χ0v) is 12.6. The van der Waals surface area contributed by atoms with Crippen molar-refractivity contribution >= 4 is 29.5 Å². The molecule has 4 nitrogen and oxygen atoms in total. The Morgan fingerprint density at radius 1 is 1.56 bits per heavy atom. The van der Waals surface area contributed by atoms with Crippen LogP contribution in [0.25, 0.3) is 0 Å². The fraction of sp³-hybridized carbons (Fsp3) is 0.667. The number of hydrogen-bond acceptors (Lipinski definition) is 4. The lowest BCUT2D eigenvalue weighted by molar-refractivity contribution is -0.120. The molecule has 0 atom stereocenters. The summed E-state index contributed by atoms with van der Waals surface area (Å²) in [5, 5.41) is 11.8. The molecule has 1 aromatic heterocycles. The molecule has 0 fully saturated rings. The van der Waals surface area contributed by atoms with Gasteiger partial charge < -0.3 is 15.4 Å². The molecule has 0 aliphatic carbocycles. The Kier molecular flexibility index (Phi) is 5.49. The second-order valence-corrected chi connectivity index (χ2v) is 6.93. The van der Waals surface area contributed by atoms with Crippen LogP contribution in [0.5, 0.6) is 0 Å². The molecule has 1 rings (SSSR count). The SMILES string of the molecule is Cc1[nH]c(=S)sc1CC(=O)NCC(C)(C)CCO. The fourth-order valence-electron chi connectivity index (χ4n) is 1.54. The van der Waals surface area contributed by atoms with Crippen molar-refractivity contribution in [3.63, 3.8) is 0 Å². The Morgan fingerprint density at radius 2 is 2.22 bits per heavy atom. The van der Waals surface area contributed by atoms with E-state index in [-0.39, 0.29) is 17.9 Å². The molecule has 3 N–H and O–H groups in total. The van der Waals surface area contributed by atoms with E-state index < -0.39 is 0 Å². The summed E-state index contributed by atoms with van der Waals surface area (Å²) in [7, 11) is 0. The van der Waals surface area contributed by atoms with Crippen molar-refractivity contribution in [1.29, 1.82) is 0 Å². The third-order valence-corrected chi connectivity index (χ3v) is 4.13. The zero-order chi connectivity index (χ0) is 13.8. The Bertz CT molecular complexity index is 463. The Labute approximate surface area is 116 Å². The number of hydrogen-bond donors (Lipinski definition) is 3. The molecule has 1 heterocycles. The number of nitrogens with one attached hydrogen (secondary N) is 2. The van der Waals surface area contributed by atoms with Crippen molar-refractivity contribution in [2.75, 3.05) is 13.2 Å². The smallest absolute Gasteiger partial charge is 0.225 e. The summed E-state index contributed by atoms with van der Waals surface area (Å²) in [4.78, 5) is 15.8. The number of aliphatic hydroxyl groups is 1. The predicted octanol–water partition coefficient (Wildman–Crippen LogP) is 2.18. The number of aromatic amines is 1. The van der Waals surface area contributed by atoms with Gasteiger partial charge >= 0.3 is 0 Å². The average molecular weight is 288 g/mol. The molecule has 0 aliphatic heterocycles. The van der Waals surface area contributed by atoms with Crippen LogP contribution < -0.4 is 5.32 Å². The maximum absolute atomic E-state index is 11.8. The standard InChI is InChI=1S/C12H20N2O2S2/c1-8-9(18-11(17)14-8)6-10(16)13-7-12(2,3)4-5-15/h15H,4-7H2,1-3H3,(H,13,16)(H,14,17). The van der Waals surface area contributed by atoms with Gasteiger partial charge in [0, 0.05) is 23.7 Å². The molecule has 0 radical (unpaired) electrons. The van der Waals surface area contributed by atoms with Crippen molar-refractivity contribution < 1.29 is 9.90 Å². The lowest BCUT2D eigenvalue weighted by atomic mass is 9.90. The summed E-state index contributed by atoms with van der Waals surface area (Å²) in [5.74, 6) is -0.00522. The van der Waals surface area contributed by atoms with E-state index in [4.69, 9.17) is 17.3 Å². The first-order valence-corrected chi connectivity index (χ1v) is 7.13. The first-order valence-electron chi connectivity index (χ1n) is 5.90. The van der Waals surface area contributed by atoms with Crippen molar-refractivity contribution in [2.24, 2.45) is 5.41 Å². The van der Waals surface area contributed by atoms with E-state index in [1.807, 2.05) is 20.8 Å². The number of aliphatic hydroxyl groups excluding tert-OH is 1. The van der Waals surface area contributed by atoms with Crippen LogP contribution in [-0.2, 0) is 11.2 Å². The number of carbonyl (C=O) groups is 1. The molecular weight excluding hydrogens is 268 g/mol. The second-order valence-electron chi connectivity index (χ2n) is 5.15. The summed E-state index contributed by atoms with van der Waals surface area (Å²) < 4.78 is 0.705. The molecule has 0 spiro atoms. The molecule has 0 unspecified atom stereocenters. The average Bonchev–Trinajstić information content (AvgIpc) is 2.55. The topological polar surface area (TPSA) is 65.1 Å². The van der Waals surface area contributed by atoms with Crippen molar-refractivity contribution in [3.8, 4) is 0 Å². The largest absolute Gasteiger partial charge is 0.396 e. The van der Waals surface area contributed by atoms with Gasteiger partial charge in [-0.25, -0.2) is 0 Å². The lowest BCUT2D eigenvalue weighted by Gasteiger charge is -2.23. The van der Waals surface area contributed by atoms with Crippen LogP contribution in [0.15, 0.2) is 0 Å². The van der Waals surface area contributed by atoms with E-state index in [0.717, 1.165) is 10.6 Å². The van der Waals surface area contributed by atoms with Crippen LogP contribution in [0.2, 0.25) is 0 Å². The van der Waals surface area contributed by atoms with Gasteiger partial charge in [-0.3, -0.25) is 4.79 Å². The van der Waals surface area contributed by atoms with Gasteiger partial charge in [0.05, 0.1) is 6.42 Å². The molecule has 0 aromatic carbocycles. The summed E-state index contributed by atoms with van der Waals surface area (Å²) in [6.07, 6.45) is 1.04. The normalized spacial score (nSPS) is 11.6. The third-order valence-electron chi connectivity index (χ3n) is 2.80. The first kappa shape index (κ1) is 15.3. The molecule has 0 bridgehead atoms. The summed E-state index contributed by atoms with van der Waals surface area (Å²) in [6.45, 7) is 6.68. The van der Waals surface area contributed by atoms with E-state index in [1.54, 1.807) is 0 Å². The van der Waals surface area contributed by atoms with Crippen LogP contribution >= 0.6 is 23.6 Å². The maximum atomic E-state index is 11.8. The third kappa shape index (κ3) is 4.88. The van der Waals surface area contributed by atoms with Crippen LogP contribution in [0.1, 0.15) is 30.8 Å². The quantitative estimate of drug-likeness (QED) is 0.703. The van der Waals surface area contributed by atoms with E-state index in [1.165, 1.54) is 11.3 Å². The molecule has 1 amide bonds. The zero-order valence-electron chi connectivity index (χ0n) is 11.0. The number of carbonyl (C=O) groups excluding carboxylic acids is 1. The molecule has 0 aliphatic rings. The minimum atomic E-state index is -0.0792.